The van der Waals surface area contributed by atoms with Crippen LogP contribution in [0.15, 0.2) is 0 Å². The molecule has 0 spiro atoms. The fourth-order valence-electron chi connectivity index (χ4n) is 3.09. The second kappa shape index (κ2) is 11.9. The highest BCUT2D eigenvalue weighted by molar-refractivity contribution is 5.11. The lowest BCUT2D eigenvalue weighted by Gasteiger charge is -2.41. The first-order valence-corrected chi connectivity index (χ1v) is 10.6. The molecule has 0 radical (unpaired) electrons. The zero-order chi connectivity index (χ0) is 35.3. The number of nitrogens with one attached hydrogen (secondary N) is 1. The molecule has 1 nitrogen and oxygen atoms in total. The summed E-state index contributed by atoms with van der Waals surface area (Å²) < 4.78 is 320. The third kappa shape index (κ3) is 6.37. The van der Waals surface area contributed by atoms with E-state index in [1.807, 2.05) is 0 Å². The molecule has 0 aromatic heterocycles. The molecule has 43 heavy (non-hydrogen) atoms. The Morgan fingerprint density at radius 2 is 0.674 bits per heavy atom. The Kier molecular flexibility index (Phi) is 11.4. The molecule has 0 aliphatic carbocycles. The van der Waals surface area contributed by atoms with Gasteiger partial charge in [0.1, 0.15) is 0 Å². The van der Waals surface area contributed by atoms with Crippen LogP contribution in [0.25, 0.3) is 0 Å². The van der Waals surface area contributed by atoms with Crippen molar-refractivity contribution in [3.63, 3.8) is 0 Å². The molecular formula is C18H15F24N. The lowest BCUT2D eigenvalue weighted by Crippen LogP contribution is -2.69. The van der Waals surface area contributed by atoms with Gasteiger partial charge in [-0.05, 0) is 19.0 Å². The maximum absolute atomic E-state index is 14.1. The van der Waals surface area contributed by atoms with E-state index < -0.39 is 104 Å². The molecule has 25 heteroatoms. The van der Waals surface area contributed by atoms with Gasteiger partial charge >= 0.3 is 72.1 Å². The minimum absolute atomic E-state index is 0.732. The molecule has 0 rings (SSSR count). The first-order valence-electron chi connectivity index (χ1n) is 10.6. The van der Waals surface area contributed by atoms with Gasteiger partial charge in [0, 0.05) is 12.8 Å². The van der Waals surface area contributed by atoms with E-state index in [0.717, 1.165) is 6.92 Å². The summed E-state index contributed by atoms with van der Waals surface area (Å²) in [7, 11) is 0. The summed E-state index contributed by atoms with van der Waals surface area (Å²) in [5.74, 6) is -81.5. The average molecular weight is 701 g/mol. The summed E-state index contributed by atoms with van der Waals surface area (Å²) in [4.78, 5) is 0. The van der Waals surface area contributed by atoms with Crippen LogP contribution in [-0.4, -0.2) is 85.2 Å². The van der Waals surface area contributed by atoms with Gasteiger partial charge in [-0.3, -0.25) is 0 Å². The van der Waals surface area contributed by atoms with E-state index in [1.54, 1.807) is 5.32 Å². The molecule has 0 aromatic rings. The Bertz CT molecular complexity index is 853. The van der Waals surface area contributed by atoms with Crippen molar-refractivity contribution in [3.8, 4) is 0 Å². The van der Waals surface area contributed by atoms with E-state index in [2.05, 4.69) is 0 Å². The SMILES string of the molecule is CCNCC(CC(F)(F)C(F)(F)C(F)(F)C(F)(F)C(F)(F)C(F)F)CC(F)(F)C(F)(F)C(F)(F)C(F)(F)C(F)(F)C(F)F. The highest BCUT2D eigenvalue weighted by atomic mass is 19.4. The minimum Gasteiger partial charge on any atom is -0.317 e. The minimum atomic E-state index is -8.23. The van der Waals surface area contributed by atoms with Crippen molar-refractivity contribution in [2.45, 2.75) is 91.8 Å². The van der Waals surface area contributed by atoms with Gasteiger partial charge in [-0.15, -0.1) is 0 Å². The molecule has 0 saturated carbocycles. The Morgan fingerprint density at radius 1 is 0.419 bits per heavy atom. The van der Waals surface area contributed by atoms with Gasteiger partial charge in [-0.25, -0.2) is 17.6 Å². The van der Waals surface area contributed by atoms with E-state index >= 15 is 0 Å². The van der Waals surface area contributed by atoms with Crippen LogP contribution in [0.4, 0.5) is 105 Å². The van der Waals surface area contributed by atoms with Crippen LogP contribution in [0.3, 0.4) is 0 Å². The number of alkyl halides is 24. The van der Waals surface area contributed by atoms with Gasteiger partial charge in [-0.2, -0.15) is 87.8 Å². The van der Waals surface area contributed by atoms with Gasteiger partial charge in [0.15, 0.2) is 0 Å². The second-order valence-corrected chi connectivity index (χ2v) is 8.78. The van der Waals surface area contributed by atoms with Crippen molar-refractivity contribution < 1.29 is 105 Å². The van der Waals surface area contributed by atoms with Crippen molar-refractivity contribution >= 4 is 0 Å². The number of rotatable bonds is 17. The van der Waals surface area contributed by atoms with Crippen LogP contribution >= 0.6 is 0 Å². The highest BCUT2D eigenvalue weighted by Crippen LogP contribution is 2.61. The van der Waals surface area contributed by atoms with Gasteiger partial charge in [-0.1, -0.05) is 6.92 Å². The quantitative estimate of drug-likeness (QED) is 0.150. The largest absolute Gasteiger partial charge is 0.384 e. The van der Waals surface area contributed by atoms with E-state index in [4.69, 9.17) is 0 Å². The van der Waals surface area contributed by atoms with E-state index in [9.17, 15) is 105 Å². The maximum Gasteiger partial charge on any atom is 0.384 e. The van der Waals surface area contributed by atoms with Crippen molar-refractivity contribution in [1.29, 1.82) is 0 Å². The van der Waals surface area contributed by atoms with Crippen LogP contribution in [-0.2, 0) is 0 Å². The molecule has 0 aromatic carbocycles. The van der Waals surface area contributed by atoms with E-state index in [0.29, 0.717) is 0 Å². The van der Waals surface area contributed by atoms with Crippen molar-refractivity contribution in [1.82, 2.24) is 5.32 Å². The summed E-state index contributed by atoms with van der Waals surface area (Å²) in [6, 6.07) is 0. The molecule has 0 bridgehead atoms. The Labute approximate surface area is 222 Å². The number of halogens is 24. The van der Waals surface area contributed by atoms with Crippen LogP contribution in [0.5, 0.6) is 0 Å². The predicted molar refractivity (Wildman–Crippen MR) is 92.7 cm³/mol. The molecule has 0 fully saturated rings. The average Bonchev–Trinajstić information content (AvgIpc) is 2.80. The van der Waals surface area contributed by atoms with E-state index in [1.165, 1.54) is 0 Å². The van der Waals surface area contributed by atoms with Crippen molar-refractivity contribution in [2.75, 3.05) is 13.1 Å². The molecule has 0 unspecified atom stereocenters. The first-order chi connectivity index (χ1) is 18.5. The van der Waals surface area contributed by atoms with Crippen LogP contribution in [0, 0.1) is 5.92 Å². The zero-order valence-electron chi connectivity index (χ0n) is 20.1. The van der Waals surface area contributed by atoms with Gasteiger partial charge < -0.3 is 5.32 Å². The fraction of sp³-hybridized carbons (Fsp3) is 1.00. The molecule has 0 saturated heterocycles. The smallest absolute Gasteiger partial charge is 0.317 e. The molecule has 0 aliphatic heterocycles. The predicted octanol–water partition coefficient (Wildman–Crippen LogP) is 8.88. The molecule has 0 atom stereocenters. The molecule has 0 aliphatic rings. The third-order valence-electron chi connectivity index (χ3n) is 5.65. The Balaban J connectivity index is 6.76. The molecule has 260 valence electrons. The molecule has 0 amide bonds. The summed E-state index contributed by atoms with van der Waals surface area (Å²) in [6.45, 7) is -1.82. The number of hydrogen-bond donors (Lipinski definition) is 1. The lowest BCUT2D eigenvalue weighted by molar-refractivity contribution is -0.417. The first kappa shape index (κ1) is 41.3. The van der Waals surface area contributed by atoms with E-state index in [-0.39, 0.29) is 0 Å². The van der Waals surface area contributed by atoms with Crippen LogP contribution in [0.1, 0.15) is 19.8 Å². The Hall–Kier alpha value is -1.72. The topological polar surface area (TPSA) is 12.0 Å². The third-order valence-corrected chi connectivity index (χ3v) is 5.65. The zero-order valence-corrected chi connectivity index (χ0v) is 20.1. The maximum atomic E-state index is 14.1. The monoisotopic (exact) mass is 701 g/mol. The molecular weight excluding hydrogens is 686 g/mol. The Morgan fingerprint density at radius 3 is 0.884 bits per heavy atom. The highest BCUT2D eigenvalue weighted by Gasteiger charge is 2.89. The van der Waals surface area contributed by atoms with Gasteiger partial charge in [0.05, 0.1) is 0 Å². The van der Waals surface area contributed by atoms with Crippen LogP contribution < -0.4 is 5.32 Å². The lowest BCUT2D eigenvalue weighted by atomic mass is 9.84. The standard InChI is InChI=1S/C18H15F24N/c1-2-43-5-6(3-9(23,24)13(31,32)17(39,40)15(35,36)11(27,28)7(19)20)4-10(25,26)14(33,34)18(41,42)16(37,38)12(29,30)8(21)22/h6-8,43H,2-5H2,1H3. The van der Waals surface area contributed by atoms with Gasteiger partial charge in [0.25, 0.3) is 0 Å². The summed E-state index contributed by atoms with van der Waals surface area (Å²) >= 11 is 0. The second-order valence-electron chi connectivity index (χ2n) is 8.78. The van der Waals surface area contributed by atoms with Crippen LogP contribution in [0.2, 0.25) is 0 Å². The normalized spacial score (nSPS) is 16.2. The molecule has 0 heterocycles. The van der Waals surface area contributed by atoms with Crippen molar-refractivity contribution in [3.05, 3.63) is 0 Å². The number of hydrogen-bond acceptors (Lipinski definition) is 1. The summed E-state index contributed by atoms with van der Waals surface area (Å²) in [5, 5.41) is 1.55. The molecule has 1 N–H and O–H groups in total. The summed E-state index contributed by atoms with van der Waals surface area (Å²) in [5.41, 5.74) is 0. The fourth-order valence-corrected chi connectivity index (χ4v) is 3.09. The summed E-state index contributed by atoms with van der Waals surface area (Å²) in [6.07, 6.45) is -19.1. The van der Waals surface area contributed by atoms with Gasteiger partial charge in [0.2, 0.25) is 0 Å². The van der Waals surface area contributed by atoms with Crippen molar-refractivity contribution in [2.24, 2.45) is 5.92 Å².